The molecular weight excluding hydrogens is 384 g/mol. The number of nitrogens with one attached hydrogen (secondary N) is 1. The fourth-order valence-electron chi connectivity index (χ4n) is 3.62. The number of aromatic nitrogens is 5. The van der Waals surface area contributed by atoms with Gasteiger partial charge >= 0.3 is 0 Å². The van der Waals surface area contributed by atoms with Gasteiger partial charge in [-0.15, -0.1) is 0 Å². The summed E-state index contributed by atoms with van der Waals surface area (Å²) in [6.45, 7) is 4.24. The first-order valence-corrected chi connectivity index (χ1v) is 9.73. The van der Waals surface area contributed by atoms with Crippen LogP contribution in [0, 0.1) is 6.92 Å². The number of ether oxygens (including phenoxy) is 1. The Labute approximate surface area is 172 Å². The zero-order valence-electron chi connectivity index (χ0n) is 16.8. The Kier molecular flexibility index (Phi) is 4.23. The molecule has 1 aromatic carbocycles. The predicted octanol–water partition coefficient (Wildman–Crippen LogP) is 2.75. The highest BCUT2D eigenvalue weighted by molar-refractivity contribution is 6.04. The van der Waals surface area contributed by atoms with E-state index in [0.717, 1.165) is 22.1 Å². The molecule has 0 radical (unpaired) electrons. The van der Waals surface area contributed by atoms with Gasteiger partial charge in [0.1, 0.15) is 12.4 Å². The second kappa shape index (κ2) is 6.94. The van der Waals surface area contributed by atoms with Crippen molar-refractivity contribution in [3.63, 3.8) is 0 Å². The van der Waals surface area contributed by atoms with Gasteiger partial charge in [0.2, 0.25) is 11.7 Å². The number of aryl methyl sites for hydroxylation is 3. The molecule has 1 aliphatic rings. The first kappa shape index (κ1) is 18.3. The lowest BCUT2D eigenvalue weighted by atomic mass is 10.1. The average Bonchev–Trinajstić information content (AvgIpc) is 3.45. The number of amides is 1. The lowest BCUT2D eigenvalue weighted by molar-refractivity contribution is 0.0926. The number of nitrogens with zero attached hydrogens (tertiary/aromatic N) is 5. The van der Waals surface area contributed by atoms with Gasteiger partial charge in [-0.3, -0.25) is 4.79 Å². The van der Waals surface area contributed by atoms with Crippen molar-refractivity contribution in [2.45, 2.75) is 26.3 Å². The van der Waals surface area contributed by atoms with Crippen molar-refractivity contribution < 1.29 is 14.1 Å². The molecule has 0 bridgehead atoms. The molecule has 0 fully saturated rings. The molecule has 0 saturated carbocycles. The fraction of sp³-hybridized carbons (Fsp3) is 0.286. The molecule has 1 N–H and O–H groups in total. The topological polar surface area (TPSA) is 108 Å². The third kappa shape index (κ3) is 2.99. The largest absolute Gasteiger partial charge is 0.491 e. The van der Waals surface area contributed by atoms with Crippen LogP contribution in [0.2, 0.25) is 0 Å². The Morgan fingerprint density at radius 3 is 3.00 bits per heavy atom. The van der Waals surface area contributed by atoms with Gasteiger partial charge in [0.25, 0.3) is 5.91 Å². The Morgan fingerprint density at radius 2 is 2.20 bits per heavy atom. The molecule has 1 amide bonds. The summed E-state index contributed by atoms with van der Waals surface area (Å²) in [5.74, 6) is 1.55. The van der Waals surface area contributed by atoms with E-state index in [4.69, 9.17) is 9.26 Å². The van der Waals surface area contributed by atoms with Crippen LogP contribution in [0.25, 0.3) is 22.4 Å². The van der Waals surface area contributed by atoms with Crippen LogP contribution in [-0.2, 0) is 13.5 Å². The monoisotopic (exact) mass is 404 g/mol. The summed E-state index contributed by atoms with van der Waals surface area (Å²) in [5.41, 5.74) is 3.71. The molecule has 1 aliphatic heterocycles. The molecule has 0 unspecified atom stereocenters. The third-order valence-corrected chi connectivity index (χ3v) is 5.16. The fourth-order valence-corrected chi connectivity index (χ4v) is 3.62. The predicted molar refractivity (Wildman–Crippen MR) is 108 cm³/mol. The van der Waals surface area contributed by atoms with Gasteiger partial charge in [-0.25, -0.2) is 9.67 Å². The van der Waals surface area contributed by atoms with Crippen LogP contribution < -0.4 is 10.1 Å². The van der Waals surface area contributed by atoms with E-state index < -0.39 is 0 Å². The minimum atomic E-state index is -0.271. The molecule has 0 spiro atoms. The molecule has 0 saturated heterocycles. The Morgan fingerprint density at radius 1 is 1.33 bits per heavy atom. The molecule has 9 nitrogen and oxygen atoms in total. The lowest BCUT2D eigenvalue weighted by Gasteiger charge is -2.11. The van der Waals surface area contributed by atoms with Crippen LogP contribution in [0.4, 0.5) is 0 Å². The minimum absolute atomic E-state index is 0.260. The van der Waals surface area contributed by atoms with Crippen molar-refractivity contribution in [3.05, 3.63) is 53.2 Å². The van der Waals surface area contributed by atoms with Gasteiger partial charge in [-0.2, -0.15) is 10.1 Å². The van der Waals surface area contributed by atoms with Crippen LogP contribution in [0.15, 0.2) is 35.0 Å². The highest BCUT2D eigenvalue weighted by atomic mass is 16.5. The van der Waals surface area contributed by atoms with Crippen LogP contribution in [0.3, 0.4) is 0 Å². The van der Waals surface area contributed by atoms with E-state index in [1.807, 2.05) is 38.1 Å². The summed E-state index contributed by atoms with van der Waals surface area (Å²) >= 11 is 0. The van der Waals surface area contributed by atoms with Crippen molar-refractivity contribution in [3.8, 4) is 17.1 Å². The van der Waals surface area contributed by atoms with Crippen LogP contribution >= 0.6 is 0 Å². The van der Waals surface area contributed by atoms with E-state index in [0.29, 0.717) is 41.8 Å². The van der Waals surface area contributed by atoms with E-state index in [1.165, 1.54) is 0 Å². The molecule has 9 heteroatoms. The van der Waals surface area contributed by atoms with E-state index in [2.05, 4.69) is 25.5 Å². The molecule has 1 atom stereocenters. The first-order chi connectivity index (χ1) is 14.5. The number of benzene rings is 1. The number of carbonyl (C=O) groups is 1. The third-order valence-electron chi connectivity index (χ3n) is 5.16. The van der Waals surface area contributed by atoms with Gasteiger partial charge in [0, 0.05) is 30.8 Å². The van der Waals surface area contributed by atoms with Gasteiger partial charge in [-0.05, 0) is 24.6 Å². The summed E-state index contributed by atoms with van der Waals surface area (Å²) in [6, 6.07) is 7.35. The van der Waals surface area contributed by atoms with Gasteiger partial charge in [0.15, 0.2) is 11.3 Å². The van der Waals surface area contributed by atoms with Crippen LogP contribution in [0.5, 0.6) is 5.75 Å². The molecule has 152 valence electrons. The number of pyridine rings is 1. The van der Waals surface area contributed by atoms with Crippen molar-refractivity contribution in [1.82, 2.24) is 30.2 Å². The minimum Gasteiger partial charge on any atom is -0.491 e. The number of rotatable bonds is 4. The maximum atomic E-state index is 13.0. The summed E-state index contributed by atoms with van der Waals surface area (Å²) in [4.78, 5) is 21.7. The van der Waals surface area contributed by atoms with E-state index >= 15 is 0 Å². The Balaban J connectivity index is 1.40. The number of hydrogen-bond acceptors (Lipinski definition) is 7. The summed E-state index contributed by atoms with van der Waals surface area (Å²) in [6.07, 6.45) is 2.44. The molecule has 3 aromatic heterocycles. The zero-order chi connectivity index (χ0) is 20.8. The Hall–Kier alpha value is -3.75. The molecule has 5 rings (SSSR count). The molecule has 4 heterocycles. The Bertz CT molecular complexity index is 1280. The maximum absolute atomic E-state index is 13.0. The summed E-state index contributed by atoms with van der Waals surface area (Å²) in [7, 11) is 1.78. The van der Waals surface area contributed by atoms with Crippen molar-refractivity contribution >= 4 is 16.9 Å². The second-order valence-electron chi connectivity index (χ2n) is 7.31. The summed E-state index contributed by atoms with van der Waals surface area (Å²) < 4.78 is 12.6. The highest BCUT2D eigenvalue weighted by Gasteiger charge is 2.28. The molecular formula is C21H20N6O3. The van der Waals surface area contributed by atoms with E-state index in [-0.39, 0.29) is 11.9 Å². The first-order valence-electron chi connectivity index (χ1n) is 9.73. The van der Waals surface area contributed by atoms with E-state index in [9.17, 15) is 4.79 Å². The molecule has 30 heavy (non-hydrogen) atoms. The number of hydrogen-bond donors (Lipinski definition) is 1. The lowest BCUT2D eigenvalue weighted by Crippen LogP contribution is -2.30. The van der Waals surface area contributed by atoms with Gasteiger partial charge in [-0.1, -0.05) is 24.2 Å². The second-order valence-corrected chi connectivity index (χ2v) is 7.31. The SMILES string of the molecule is CCc1nc(-c2ccc3c(c2)OC[C@H]3NC(=O)c2nn(C)c3ncc(C)cc23)no1. The van der Waals surface area contributed by atoms with Gasteiger partial charge in [0.05, 0.1) is 11.4 Å². The molecule has 0 aliphatic carbocycles. The van der Waals surface area contributed by atoms with Crippen molar-refractivity contribution in [1.29, 1.82) is 0 Å². The van der Waals surface area contributed by atoms with Crippen molar-refractivity contribution in [2.24, 2.45) is 7.05 Å². The highest BCUT2D eigenvalue weighted by Crippen LogP contribution is 2.35. The van der Waals surface area contributed by atoms with Crippen molar-refractivity contribution in [2.75, 3.05) is 6.61 Å². The van der Waals surface area contributed by atoms with E-state index in [1.54, 1.807) is 17.9 Å². The normalized spacial score (nSPS) is 15.2. The average molecular weight is 404 g/mol. The molecule has 4 aromatic rings. The quantitative estimate of drug-likeness (QED) is 0.557. The maximum Gasteiger partial charge on any atom is 0.273 e. The van der Waals surface area contributed by atoms with Gasteiger partial charge < -0.3 is 14.6 Å². The summed E-state index contributed by atoms with van der Waals surface area (Å²) in [5, 5.41) is 12.1. The zero-order valence-corrected chi connectivity index (χ0v) is 16.8. The number of carbonyl (C=O) groups excluding carboxylic acids is 1. The number of fused-ring (bicyclic) bond motifs is 2. The van der Waals surface area contributed by atoms with Crippen LogP contribution in [-0.4, -0.2) is 37.4 Å². The smallest absolute Gasteiger partial charge is 0.273 e. The standard InChI is InChI=1S/C21H20N6O3/c1-4-17-24-19(26-30-17)12-5-6-13-15(10-29-16(13)8-12)23-21(28)18-14-7-11(2)9-22-20(14)27(3)25-18/h5-9,15H,4,10H2,1-3H3,(H,23,28)/t15-/m1/s1. The van der Waals surface area contributed by atoms with Crippen LogP contribution in [0.1, 0.15) is 40.5 Å².